The number of anilines is 1. The highest BCUT2D eigenvalue weighted by atomic mass is 35.5. The van der Waals surface area contributed by atoms with Crippen molar-refractivity contribution in [1.29, 1.82) is 0 Å². The Bertz CT molecular complexity index is 655. The van der Waals surface area contributed by atoms with E-state index in [9.17, 15) is 4.79 Å². The first kappa shape index (κ1) is 15.9. The molecule has 0 bridgehead atoms. The Morgan fingerprint density at radius 1 is 1.19 bits per heavy atom. The lowest BCUT2D eigenvalue weighted by atomic mass is 10.0. The van der Waals surface area contributed by atoms with Crippen molar-refractivity contribution >= 4 is 34.8 Å². The van der Waals surface area contributed by atoms with Crippen LogP contribution in [-0.2, 0) is 19.9 Å². The quantitative estimate of drug-likeness (QED) is 0.868. The van der Waals surface area contributed by atoms with Gasteiger partial charge in [-0.2, -0.15) is 0 Å². The van der Waals surface area contributed by atoms with E-state index < -0.39 is 0 Å². The SMILES string of the molecule is CCc1cccc(CC)c1NC(=O)c1cc(Cl)c(Cl)n1C. The van der Waals surface area contributed by atoms with Crippen LogP contribution in [0.5, 0.6) is 0 Å². The molecule has 1 aromatic carbocycles. The molecule has 21 heavy (non-hydrogen) atoms. The smallest absolute Gasteiger partial charge is 0.272 e. The van der Waals surface area contributed by atoms with Gasteiger partial charge in [0.2, 0.25) is 0 Å². The van der Waals surface area contributed by atoms with Crippen LogP contribution in [0.1, 0.15) is 35.5 Å². The zero-order valence-electron chi connectivity index (χ0n) is 12.3. The number of amides is 1. The predicted octanol–water partition coefficient (Wildman–Crippen LogP) is 4.71. The summed E-state index contributed by atoms with van der Waals surface area (Å²) in [7, 11) is 1.72. The number of carbonyl (C=O) groups is 1. The van der Waals surface area contributed by atoms with Crippen LogP contribution in [0, 0.1) is 0 Å². The van der Waals surface area contributed by atoms with E-state index in [-0.39, 0.29) is 5.91 Å². The second-order valence-corrected chi connectivity index (χ2v) is 5.61. The van der Waals surface area contributed by atoms with E-state index in [4.69, 9.17) is 23.2 Å². The zero-order valence-corrected chi connectivity index (χ0v) is 13.8. The van der Waals surface area contributed by atoms with E-state index in [0.29, 0.717) is 15.9 Å². The Hall–Kier alpha value is -1.45. The Labute approximate surface area is 134 Å². The molecule has 2 rings (SSSR count). The molecule has 0 aliphatic rings. The maximum atomic E-state index is 12.5. The Kier molecular flexibility index (Phi) is 4.96. The summed E-state index contributed by atoms with van der Waals surface area (Å²) in [4.78, 5) is 12.5. The molecule has 2 aromatic rings. The molecular formula is C16H18Cl2N2O. The van der Waals surface area contributed by atoms with Crippen molar-refractivity contribution < 1.29 is 4.79 Å². The number of hydrogen-bond acceptors (Lipinski definition) is 1. The molecule has 5 heteroatoms. The minimum atomic E-state index is -0.207. The first-order valence-corrected chi connectivity index (χ1v) is 7.68. The highest BCUT2D eigenvalue weighted by Gasteiger charge is 2.17. The van der Waals surface area contributed by atoms with Gasteiger partial charge in [-0.3, -0.25) is 4.79 Å². The van der Waals surface area contributed by atoms with Gasteiger partial charge in [0.25, 0.3) is 5.91 Å². The number of aromatic nitrogens is 1. The van der Waals surface area contributed by atoms with Crippen LogP contribution in [-0.4, -0.2) is 10.5 Å². The minimum Gasteiger partial charge on any atom is -0.329 e. The van der Waals surface area contributed by atoms with Gasteiger partial charge in [0, 0.05) is 12.7 Å². The average molecular weight is 325 g/mol. The lowest BCUT2D eigenvalue weighted by Gasteiger charge is -2.14. The summed E-state index contributed by atoms with van der Waals surface area (Å²) >= 11 is 12.0. The maximum Gasteiger partial charge on any atom is 0.272 e. The number of nitrogens with zero attached hydrogens (tertiary/aromatic N) is 1. The normalized spacial score (nSPS) is 10.7. The number of nitrogens with one attached hydrogen (secondary N) is 1. The summed E-state index contributed by atoms with van der Waals surface area (Å²) in [5.74, 6) is -0.207. The molecule has 0 saturated heterocycles. The third-order valence-electron chi connectivity index (χ3n) is 3.59. The fourth-order valence-electron chi connectivity index (χ4n) is 2.34. The lowest BCUT2D eigenvalue weighted by Crippen LogP contribution is -2.17. The minimum absolute atomic E-state index is 0.207. The van der Waals surface area contributed by atoms with E-state index in [1.807, 2.05) is 18.2 Å². The van der Waals surface area contributed by atoms with Crippen molar-refractivity contribution in [3.63, 3.8) is 0 Å². The van der Waals surface area contributed by atoms with Crippen LogP contribution in [0.3, 0.4) is 0 Å². The molecule has 0 radical (unpaired) electrons. The third kappa shape index (κ3) is 3.09. The Morgan fingerprint density at radius 2 is 1.76 bits per heavy atom. The molecule has 112 valence electrons. The molecule has 3 nitrogen and oxygen atoms in total. The van der Waals surface area contributed by atoms with E-state index in [1.165, 1.54) is 0 Å². The summed E-state index contributed by atoms with van der Waals surface area (Å²) < 4.78 is 1.58. The molecule has 0 aliphatic heterocycles. The lowest BCUT2D eigenvalue weighted by molar-refractivity contribution is 0.101. The highest BCUT2D eigenvalue weighted by Crippen LogP contribution is 2.27. The standard InChI is InChI=1S/C16H18Cl2N2O/c1-4-10-7-6-8-11(5-2)14(10)19-16(21)13-9-12(17)15(18)20(13)3/h6-9H,4-5H2,1-3H3,(H,19,21). The predicted molar refractivity (Wildman–Crippen MR) is 88.6 cm³/mol. The van der Waals surface area contributed by atoms with Gasteiger partial charge in [0.1, 0.15) is 10.8 Å². The van der Waals surface area contributed by atoms with Gasteiger partial charge in [-0.1, -0.05) is 55.2 Å². The van der Waals surface area contributed by atoms with Crippen molar-refractivity contribution in [3.05, 3.63) is 51.3 Å². The third-order valence-corrected chi connectivity index (χ3v) is 4.43. The molecule has 1 amide bonds. The van der Waals surface area contributed by atoms with Crippen LogP contribution in [0.25, 0.3) is 0 Å². The fraction of sp³-hybridized carbons (Fsp3) is 0.312. The average Bonchev–Trinajstić information content (AvgIpc) is 2.75. The van der Waals surface area contributed by atoms with Crippen molar-refractivity contribution in [3.8, 4) is 0 Å². The molecule has 0 fully saturated rings. The van der Waals surface area contributed by atoms with Gasteiger partial charge in [0.15, 0.2) is 0 Å². The topological polar surface area (TPSA) is 34.0 Å². The van der Waals surface area contributed by atoms with Crippen molar-refractivity contribution in [2.45, 2.75) is 26.7 Å². The van der Waals surface area contributed by atoms with Gasteiger partial charge in [-0.05, 0) is 30.0 Å². The zero-order chi connectivity index (χ0) is 15.6. The van der Waals surface area contributed by atoms with Gasteiger partial charge in [-0.25, -0.2) is 0 Å². The van der Waals surface area contributed by atoms with Crippen LogP contribution < -0.4 is 5.32 Å². The van der Waals surface area contributed by atoms with Crippen molar-refractivity contribution in [2.75, 3.05) is 5.32 Å². The summed E-state index contributed by atoms with van der Waals surface area (Å²) in [5.41, 5.74) is 3.57. The van der Waals surface area contributed by atoms with Crippen molar-refractivity contribution in [2.24, 2.45) is 7.05 Å². The highest BCUT2D eigenvalue weighted by molar-refractivity contribution is 6.42. The van der Waals surface area contributed by atoms with Crippen molar-refractivity contribution in [1.82, 2.24) is 4.57 Å². The summed E-state index contributed by atoms with van der Waals surface area (Å²) in [6, 6.07) is 7.66. The summed E-state index contributed by atoms with van der Waals surface area (Å²) in [6.07, 6.45) is 1.72. The molecule has 1 N–H and O–H groups in total. The van der Waals surface area contributed by atoms with Gasteiger partial charge in [-0.15, -0.1) is 0 Å². The molecule has 1 aromatic heterocycles. The van der Waals surface area contributed by atoms with E-state index in [0.717, 1.165) is 29.7 Å². The number of rotatable bonds is 4. The number of halogens is 2. The number of benzene rings is 1. The molecule has 0 aliphatic carbocycles. The summed E-state index contributed by atoms with van der Waals surface area (Å²) in [5, 5.41) is 3.74. The number of carbonyl (C=O) groups excluding carboxylic acids is 1. The number of hydrogen-bond donors (Lipinski definition) is 1. The molecule has 0 unspecified atom stereocenters. The van der Waals surface area contributed by atoms with Crippen LogP contribution in [0.2, 0.25) is 10.2 Å². The van der Waals surface area contributed by atoms with E-state index >= 15 is 0 Å². The molecule has 0 atom stereocenters. The number of para-hydroxylation sites is 1. The van der Waals surface area contributed by atoms with Gasteiger partial charge < -0.3 is 9.88 Å². The van der Waals surface area contributed by atoms with E-state index in [2.05, 4.69) is 19.2 Å². The largest absolute Gasteiger partial charge is 0.329 e. The monoisotopic (exact) mass is 324 g/mol. The molecule has 1 heterocycles. The Balaban J connectivity index is 2.37. The molecule has 0 saturated carbocycles. The Morgan fingerprint density at radius 3 is 2.19 bits per heavy atom. The maximum absolute atomic E-state index is 12.5. The second-order valence-electron chi connectivity index (χ2n) is 4.84. The second kappa shape index (κ2) is 6.54. The first-order valence-electron chi connectivity index (χ1n) is 6.92. The van der Waals surface area contributed by atoms with Gasteiger partial charge >= 0.3 is 0 Å². The van der Waals surface area contributed by atoms with E-state index in [1.54, 1.807) is 17.7 Å². The first-order chi connectivity index (χ1) is 9.99. The van der Waals surface area contributed by atoms with Gasteiger partial charge in [0.05, 0.1) is 5.02 Å². The fourth-order valence-corrected chi connectivity index (χ4v) is 2.72. The van der Waals surface area contributed by atoms with Crippen LogP contribution in [0.4, 0.5) is 5.69 Å². The van der Waals surface area contributed by atoms with Crippen LogP contribution in [0.15, 0.2) is 24.3 Å². The molecule has 0 spiro atoms. The number of aryl methyl sites for hydroxylation is 2. The summed E-state index contributed by atoms with van der Waals surface area (Å²) in [6.45, 7) is 4.14. The van der Waals surface area contributed by atoms with Crippen LogP contribution >= 0.6 is 23.2 Å². The molecular weight excluding hydrogens is 307 g/mol.